The van der Waals surface area contributed by atoms with E-state index >= 15 is 0 Å². The third kappa shape index (κ3) is 2.81. The van der Waals surface area contributed by atoms with Crippen LogP contribution in [0.3, 0.4) is 0 Å². The average Bonchev–Trinajstić information content (AvgIpc) is 3.36. The number of pyridine rings is 1. The Morgan fingerprint density at radius 1 is 1.19 bits per heavy atom. The van der Waals surface area contributed by atoms with E-state index in [4.69, 9.17) is 4.52 Å². The topological polar surface area (TPSA) is 79.5 Å². The van der Waals surface area contributed by atoms with Gasteiger partial charge in [0.25, 0.3) is 5.91 Å². The molecule has 0 radical (unpaired) electrons. The quantitative estimate of drug-likeness (QED) is 0.834. The molecule has 0 bridgehead atoms. The van der Waals surface area contributed by atoms with Crippen molar-refractivity contribution in [2.24, 2.45) is 5.41 Å². The van der Waals surface area contributed by atoms with Crippen molar-refractivity contribution in [2.45, 2.75) is 38.0 Å². The van der Waals surface area contributed by atoms with Gasteiger partial charge in [0.2, 0.25) is 5.91 Å². The minimum Gasteiger partial charge on any atom is -0.360 e. The summed E-state index contributed by atoms with van der Waals surface area (Å²) in [4.78, 5) is 33.6. The Balaban J connectivity index is 1.25. The fourth-order valence-corrected chi connectivity index (χ4v) is 4.29. The Kier molecular flexibility index (Phi) is 3.77. The molecular weight excluding hydrogens is 344 g/mol. The average molecular weight is 366 g/mol. The molecule has 3 aliphatic rings. The number of piperidine rings is 1. The summed E-state index contributed by atoms with van der Waals surface area (Å²) in [6.45, 7) is 1.88. The van der Waals surface area contributed by atoms with Gasteiger partial charge in [0.1, 0.15) is 5.76 Å². The summed E-state index contributed by atoms with van der Waals surface area (Å²) in [6.07, 6.45) is 7.90. The van der Waals surface area contributed by atoms with Crippen molar-refractivity contribution in [3.8, 4) is 0 Å². The van der Waals surface area contributed by atoms with Crippen LogP contribution in [0.4, 0.5) is 5.69 Å². The molecule has 2 aromatic rings. The van der Waals surface area contributed by atoms with Crippen LogP contribution >= 0.6 is 0 Å². The molecule has 7 heteroatoms. The Labute approximate surface area is 157 Å². The monoisotopic (exact) mass is 366 g/mol. The molecule has 1 aliphatic carbocycles. The largest absolute Gasteiger partial charge is 0.360 e. The van der Waals surface area contributed by atoms with Crippen LogP contribution in [0.1, 0.15) is 54.3 Å². The molecule has 140 valence electrons. The molecule has 2 aliphatic heterocycles. The molecule has 5 rings (SSSR count). The molecule has 2 saturated heterocycles. The number of carbonyl (C=O) groups is 2. The van der Waals surface area contributed by atoms with Crippen molar-refractivity contribution in [1.82, 2.24) is 15.0 Å². The van der Waals surface area contributed by atoms with Crippen LogP contribution in [0.25, 0.3) is 0 Å². The molecule has 0 unspecified atom stereocenters. The minimum absolute atomic E-state index is 0.0879. The fourth-order valence-electron chi connectivity index (χ4n) is 4.29. The van der Waals surface area contributed by atoms with Crippen LogP contribution in [0.5, 0.6) is 0 Å². The number of rotatable bonds is 3. The lowest BCUT2D eigenvalue weighted by atomic mass is 9.77. The smallest absolute Gasteiger partial charge is 0.276 e. The van der Waals surface area contributed by atoms with Crippen LogP contribution in [-0.2, 0) is 4.79 Å². The summed E-state index contributed by atoms with van der Waals surface area (Å²) >= 11 is 0. The highest BCUT2D eigenvalue weighted by atomic mass is 16.5. The maximum absolute atomic E-state index is 13.1. The first kappa shape index (κ1) is 16.5. The highest BCUT2D eigenvalue weighted by Gasteiger charge is 2.49. The zero-order valence-electron chi connectivity index (χ0n) is 15.1. The first-order valence-corrected chi connectivity index (χ1v) is 9.64. The lowest BCUT2D eigenvalue weighted by Crippen LogP contribution is -2.46. The number of hydrogen-bond acceptors (Lipinski definition) is 5. The highest BCUT2D eigenvalue weighted by Crippen LogP contribution is 2.43. The van der Waals surface area contributed by atoms with E-state index in [2.05, 4.69) is 10.1 Å². The summed E-state index contributed by atoms with van der Waals surface area (Å²) in [7, 11) is 0. The lowest BCUT2D eigenvalue weighted by Gasteiger charge is -2.37. The summed E-state index contributed by atoms with van der Waals surface area (Å²) in [5.41, 5.74) is 0.894. The zero-order valence-corrected chi connectivity index (χ0v) is 15.1. The van der Waals surface area contributed by atoms with E-state index in [0.29, 0.717) is 44.1 Å². The Morgan fingerprint density at radius 2 is 1.96 bits per heavy atom. The van der Waals surface area contributed by atoms with Crippen molar-refractivity contribution in [3.63, 3.8) is 0 Å². The van der Waals surface area contributed by atoms with E-state index in [0.717, 1.165) is 30.7 Å². The third-order valence-corrected chi connectivity index (χ3v) is 6.21. The molecule has 2 amide bonds. The minimum atomic E-state index is -0.352. The molecule has 2 aromatic heterocycles. The second-order valence-corrected chi connectivity index (χ2v) is 7.88. The number of amides is 2. The molecule has 0 N–H and O–H groups in total. The molecule has 3 fully saturated rings. The van der Waals surface area contributed by atoms with Crippen LogP contribution in [0.15, 0.2) is 35.1 Å². The summed E-state index contributed by atoms with van der Waals surface area (Å²) in [5, 5.41) is 3.96. The van der Waals surface area contributed by atoms with Gasteiger partial charge in [-0.25, -0.2) is 0 Å². The summed E-state index contributed by atoms with van der Waals surface area (Å²) in [6, 6.07) is 5.56. The number of anilines is 1. The van der Waals surface area contributed by atoms with E-state index in [1.54, 1.807) is 23.4 Å². The first-order chi connectivity index (χ1) is 13.2. The predicted octanol–water partition coefficient (Wildman–Crippen LogP) is 2.61. The summed E-state index contributed by atoms with van der Waals surface area (Å²) < 4.78 is 5.31. The molecule has 0 aromatic carbocycles. The van der Waals surface area contributed by atoms with Crippen LogP contribution in [0.2, 0.25) is 0 Å². The standard InChI is InChI=1S/C20H22N4O3/c25-18(16-12-17(27-22-16)14-3-4-14)23-9-5-20(6-10-23)7-11-24(19(20)26)15-2-1-8-21-13-15/h1-2,8,12-14H,3-7,9-11H2. The van der Waals surface area contributed by atoms with Crippen molar-refractivity contribution in [2.75, 3.05) is 24.5 Å². The van der Waals surface area contributed by atoms with Crippen molar-refractivity contribution in [3.05, 3.63) is 42.0 Å². The highest BCUT2D eigenvalue weighted by molar-refractivity contribution is 6.00. The van der Waals surface area contributed by atoms with E-state index in [9.17, 15) is 9.59 Å². The van der Waals surface area contributed by atoms with Gasteiger partial charge in [0.05, 0.1) is 17.3 Å². The van der Waals surface area contributed by atoms with E-state index in [-0.39, 0.29) is 17.2 Å². The fraction of sp³-hybridized carbons (Fsp3) is 0.500. The van der Waals surface area contributed by atoms with Gasteiger partial charge in [-0.1, -0.05) is 5.16 Å². The van der Waals surface area contributed by atoms with Gasteiger partial charge in [-0.2, -0.15) is 0 Å². The number of likely N-dealkylation sites (tertiary alicyclic amines) is 1. The number of carbonyl (C=O) groups excluding carboxylic acids is 2. The number of hydrogen-bond donors (Lipinski definition) is 0. The van der Waals surface area contributed by atoms with Crippen molar-refractivity contribution in [1.29, 1.82) is 0 Å². The van der Waals surface area contributed by atoms with Crippen LogP contribution in [-0.4, -0.2) is 46.5 Å². The second kappa shape index (κ2) is 6.18. The second-order valence-electron chi connectivity index (χ2n) is 7.88. The molecule has 4 heterocycles. The zero-order chi connectivity index (χ0) is 18.4. The van der Waals surface area contributed by atoms with Crippen molar-refractivity contribution >= 4 is 17.5 Å². The SMILES string of the molecule is O=C(c1cc(C2CC2)on1)N1CCC2(CC1)CCN(c1cccnc1)C2=O. The normalized spacial score (nSPS) is 21.9. The van der Waals surface area contributed by atoms with Crippen LogP contribution in [0, 0.1) is 5.41 Å². The molecule has 27 heavy (non-hydrogen) atoms. The first-order valence-electron chi connectivity index (χ1n) is 9.64. The van der Waals surface area contributed by atoms with Gasteiger partial charge in [-0.05, 0) is 44.2 Å². The van der Waals surface area contributed by atoms with Crippen LogP contribution < -0.4 is 4.90 Å². The van der Waals surface area contributed by atoms with E-state index < -0.39 is 0 Å². The maximum atomic E-state index is 13.1. The Morgan fingerprint density at radius 3 is 2.67 bits per heavy atom. The van der Waals surface area contributed by atoms with Gasteiger partial charge in [0, 0.05) is 37.8 Å². The van der Waals surface area contributed by atoms with Gasteiger partial charge >= 0.3 is 0 Å². The molecule has 1 spiro atoms. The van der Waals surface area contributed by atoms with Crippen molar-refractivity contribution < 1.29 is 14.1 Å². The molecule has 0 atom stereocenters. The summed E-state index contributed by atoms with van der Waals surface area (Å²) in [5.74, 6) is 1.35. The molecule has 7 nitrogen and oxygen atoms in total. The number of aromatic nitrogens is 2. The lowest BCUT2D eigenvalue weighted by molar-refractivity contribution is -0.127. The predicted molar refractivity (Wildman–Crippen MR) is 97.3 cm³/mol. The van der Waals surface area contributed by atoms with Gasteiger partial charge in [-0.15, -0.1) is 0 Å². The third-order valence-electron chi connectivity index (χ3n) is 6.21. The Hall–Kier alpha value is -2.70. The molecular formula is C20H22N4O3. The van der Waals surface area contributed by atoms with E-state index in [1.807, 2.05) is 17.0 Å². The van der Waals surface area contributed by atoms with Gasteiger partial charge < -0.3 is 14.3 Å². The Bertz CT molecular complexity index is 866. The molecule has 1 saturated carbocycles. The van der Waals surface area contributed by atoms with E-state index in [1.165, 1.54) is 0 Å². The maximum Gasteiger partial charge on any atom is 0.276 e. The number of nitrogens with zero attached hydrogens (tertiary/aromatic N) is 4. The van der Waals surface area contributed by atoms with Gasteiger partial charge in [-0.3, -0.25) is 14.6 Å². The van der Waals surface area contributed by atoms with Gasteiger partial charge in [0.15, 0.2) is 5.69 Å².